The standard InChI is InChI=1S/C21H28N2O4S/c1-5-23(28(25,26)20-12-10-19(27-4)11-13-20)15-17-6-8-18(9-7-17)21(24)22-14-16(2)3/h6-13,16H,5,14-15H2,1-4H3,(H,22,24). The number of benzene rings is 2. The number of sulfonamides is 1. The molecule has 0 aliphatic heterocycles. The van der Waals surface area contributed by atoms with Crippen LogP contribution in [0.3, 0.4) is 0 Å². The van der Waals surface area contributed by atoms with Crippen molar-refractivity contribution in [1.29, 1.82) is 0 Å². The fourth-order valence-electron chi connectivity index (χ4n) is 2.63. The second-order valence-corrected chi connectivity index (χ2v) is 8.85. The number of carbonyl (C=O) groups is 1. The fourth-order valence-corrected chi connectivity index (χ4v) is 4.06. The summed E-state index contributed by atoms with van der Waals surface area (Å²) in [6, 6.07) is 13.4. The molecule has 6 nitrogen and oxygen atoms in total. The maximum absolute atomic E-state index is 12.9. The topological polar surface area (TPSA) is 75.7 Å². The number of ether oxygens (including phenoxy) is 1. The number of rotatable bonds is 9. The van der Waals surface area contributed by atoms with E-state index in [2.05, 4.69) is 5.32 Å². The maximum atomic E-state index is 12.9. The Balaban J connectivity index is 2.12. The van der Waals surface area contributed by atoms with E-state index in [0.29, 0.717) is 30.3 Å². The molecule has 0 fully saturated rings. The first-order chi connectivity index (χ1) is 13.3. The number of nitrogens with zero attached hydrogens (tertiary/aromatic N) is 1. The number of amides is 1. The third kappa shape index (κ3) is 5.56. The molecule has 0 atom stereocenters. The average Bonchev–Trinajstić information content (AvgIpc) is 2.70. The fraction of sp³-hybridized carbons (Fsp3) is 0.381. The van der Waals surface area contributed by atoms with Crippen molar-refractivity contribution in [3.63, 3.8) is 0 Å². The van der Waals surface area contributed by atoms with Gasteiger partial charge in [0.25, 0.3) is 5.91 Å². The van der Waals surface area contributed by atoms with Crippen molar-refractivity contribution in [2.45, 2.75) is 32.2 Å². The van der Waals surface area contributed by atoms with Gasteiger partial charge < -0.3 is 10.1 Å². The molecule has 0 radical (unpaired) electrons. The lowest BCUT2D eigenvalue weighted by Gasteiger charge is -2.21. The Labute approximate surface area is 167 Å². The Morgan fingerprint density at radius 1 is 1.07 bits per heavy atom. The highest BCUT2D eigenvalue weighted by atomic mass is 32.2. The van der Waals surface area contributed by atoms with Crippen molar-refractivity contribution in [2.75, 3.05) is 20.2 Å². The van der Waals surface area contributed by atoms with Crippen molar-refractivity contribution in [2.24, 2.45) is 5.92 Å². The molecule has 7 heteroatoms. The molecule has 1 amide bonds. The molecule has 1 N–H and O–H groups in total. The van der Waals surface area contributed by atoms with Crippen molar-refractivity contribution in [3.05, 3.63) is 59.7 Å². The van der Waals surface area contributed by atoms with E-state index < -0.39 is 10.0 Å². The van der Waals surface area contributed by atoms with Gasteiger partial charge in [-0.3, -0.25) is 4.79 Å². The Morgan fingerprint density at radius 3 is 2.18 bits per heavy atom. The summed E-state index contributed by atoms with van der Waals surface area (Å²) in [6.07, 6.45) is 0. The minimum Gasteiger partial charge on any atom is -0.497 e. The molecule has 152 valence electrons. The monoisotopic (exact) mass is 404 g/mol. The van der Waals surface area contributed by atoms with Crippen LogP contribution < -0.4 is 10.1 Å². The first-order valence-corrected chi connectivity index (χ1v) is 10.7. The van der Waals surface area contributed by atoms with E-state index in [-0.39, 0.29) is 17.3 Å². The first-order valence-electron chi connectivity index (χ1n) is 9.29. The quantitative estimate of drug-likeness (QED) is 0.696. The smallest absolute Gasteiger partial charge is 0.251 e. The Hall–Kier alpha value is -2.38. The van der Waals surface area contributed by atoms with E-state index in [4.69, 9.17) is 4.74 Å². The summed E-state index contributed by atoms with van der Waals surface area (Å²) in [5.41, 5.74) is 1.38. The van der Waals surface area contributed by atoms with Crippen LogP contribution in [0.4, 0.5) is 0 Å². The predicted molar refractivity (Wildman–Crippen MR) is 110 cm³/mol. The maximum Gasteiger partial charge on any atom is 0.251 e. The van der Waals surface area contributed by atoms with Crippen LogP contribution in [0.1, 0.15) is 36.7 Å². The molecule has 2 aromatic rings. The summed E-state index contributed by atoms with van der Waals surface area (Å²) in [7, 11) is -2.08. The van der Waals surface area contributed by atoms with Gasteiger partial charge in [-0.2, -0.15) is 4.31 Å². The van der Waals surface area contributed by atoms with Gasteiger partial charge in [0.15, 0.2) is 0 Å². The van der Waals surface area contributed by atoms with Crippen molar-refractivity contribution >= 4 is 15.9 Å². The van der Waals surface area contributed by atoms with Crippen molar-refractivity contribution in [3.8, 4) is 5.75 Å². The molecule has 2 aromatic carbocycles. The number of hydrogen-bond acceptors (Lipinski definition) is 4. The summed E-state index contributed by atoms with van der Waals surface area (Å²) >= 11 is 0. The zero-order valence-corrected chi connectivity index (χ0v) is 17.6. The molecule has 0 aliphatic carbocycles. The van der Waals surface area contributed by atoms with Crippen LogP contribution >= 0.6 is 0 Å². The zero-order chi connectivity index (χ0) is 20.7. The van der Waals surface area contributed by atoms with Crippen LogP contribution in [0.25, 0.3) is 0 Å². The molecule has 0 saturated heterocycles. The van der Waals surface area contributed by atoms with Gasteiger partial charge in [-0.15, -0.1) is 0 Å². The molecule has 0 spiro atoms. The van der Waals surface area contributed by atoms with Gasteiger partial charge in [-0.25, -0.2) is 8.42 Å². The van der Waals surface area contributed by atoms with E-state index in [1.54, 1.807) is 55.5 Å². The zero-order valence-electron chi connectivity index (χ0n) is 16.8. The average molecular weight is 405 g/mol. The van der Waals surface area contributed by atoms with Crippen LogP contribution in [-0.2, 0) is 16.6 Å². The summed E-state index contributed by atoms with van der Waals surface area (Å²) in [6.45, 7) is 7.06. The summed E-state index contributed by atoms with van der Waals surface area (Å²) in [5, 5.41) is 2.87. The van der Waals surface area contributed by atoms with E-state index in [9.17, 15) is 13.2 Å². The lowest BCUT2D eigenvalue weighted by molar-refractivity contribution is 0.0949. The Morgan fingerprint density at radius 2 is 1.68 bits per heavy atom. The molecular weight excluding hydrogens is 376 g/mol. The molecule has 0 saturated carbocycles. The van der Waals surface area contributed by atoms with Gasteiger partial charge >= 0.3 is 0 Å². The summed E-state index contributed by atoms with van der Waals surface area (Å²) in [5.74, 6) is 0.858. The largest absolute Gasteiger partial charge is 0.497 e. The molecule has 28 heavy (non-hydrogen) atoms. The molecule has 0 aliphatic rings. The highest BCUT2D eigenvalue weighted by molar-refractivity contribution is 7.89. The molecule has 0 aromatic heterocycles. The Kier molecular flexibility index (Phi) is 7.60. The second kappa shape index (κ2) is 9.71. The number of carbonyl (C=O) groups excluding carboxylic acids is 1. The van der Waals surface area contributed by atoms with Crippen molar-refractivity contribution in [1.82, 2.24) is 9.62 Å². The normalized spacial score (nSPS) is 11.6. The number of nitrogens with one attached hydrogen (secondary N) is 1. The first kappa shape index (κ1) is 21.9. The molecule has 0 bridgehead atoms. The third-order valence-corrected chi connectivity index (χ3v) is 6.23. The van der Waals surface area contributed by atoms with Gasteiger partial charge in [-0.05, 0) is 47.9 Å². The summed E-state index contributed by atoms with van der Waals surface area (Å²) < 4.78 is 32.3. The van der Waals surface area contributed by atoms with Crippen LogP contribution in [0, 0.1) is 5.92 Å². The van der Waals surface area contributed by atoms with Gasteiger partial charge in [0.2, 0.25) is 10.0 Å². The van der Waals surface area contributed by atoms with E-state index >= 15 is 0 Å². The second-order valence-electron chi connectivity index (χ2n) is 6.91. The highest BCUT2D eigenvalue weighted by Crippen LogP contribution is 2.21. The lowest BCUT2D eigenvalue weighted by Crippen LogP contribution is -2.30. The lowest BCUT2D eigenvalue weighted by atomic mass is 10.1. The van der Waals surface area contributed by atoms with Crippen LogP contribution in [-0.4, -0.2) is 38.8 Å². The molecule has 0 unspecified atom stereocenters. The van der Waals surface area contributed by atoms with Gasteiger partial charge in [-0.1, -0.05) is 32.9 Å². The Bertz CT molecular complexity index is 876. The number of hydrogen-bond donors (Lipinski definition) is 1. The van der Waals surface area contributed by atoms with E-state index in [1.165, 1.54) is 11.4 Å². The van der Waals surface area contributed by atoms with Crippen LogP contribution in [0.5, 0.6) is 5.75 Å². The van der Waals surface area contributed by atoms with Crippen molar-refractivity contribution < 1.29 is 17.9 Å². The predicted octanol–water partition coefficient (Wildman–Crippen LogP) is 3.29. The van der Waals surface area contributed by atoms with Gasteiger partial charge in [0.1, 0.15) is 5.75 Å². The van der Waals surface area contributed by atoms with Gasteiger partial charge in [0, 0.05) is 25.2 Å². The van der Waals surface area contributed by atoms with Gasteiger partial charge in [0.05, 0.1) is 12.0 Å². The van der Waals surface area contributed by atoms with E-state index in [1.807, 2.05) is 13.8 Å². The van der Waals surface area contributed by atoms with Crippen LogP contribution in [0.2, 0.25) is 0 Å². The third-order valence-electron chi connectivity index (χ3n) is 4.30. The van der Waals surface area contributed by atoms with Crippen LogP contribution in [0.15, 0.2) is 53.4 Å². The molecule has 2 rings (SSSR count). The SMILES string of the molecule is CCN(Cc1ccc(C(=O)NCC(C)C)cc1)S(=O)(=O)c1ccc(OC)cc1. The highest BCUT2D eigenvalue weighted by Gasteiger charge is 2.23. The summed E-state index contributed by atoms with van der Waals surface area (Å²) in [4.78, 5) is 12.3. The minimum atomic E-state index is -3.62. The minimum absolute atomic E-state index is 0.126. The number of methoxy groups -OCH3 is 1. The molecule has 0 heterocycles. The molecular formula is C21H28N2O4S. The van der Waals surface area contributed by atoms with E-state index in [0.717, 1.165) is 5.56 Å².